The predicted molar refractivity (Wildman–Crippen MR) is 95.2 cm³/mol. The average Bonchev–Trinajstić information content (AvgIpc) is 3.20. The Morgan fingerprint density at radius 3 is 2.33 bits per heavy atom. The molecule has 2 fully saturated rings. The Morgan fingerprint density at radius 2 is 1.62 bits per heavy atom. The van der Waals surface area contributed by atoms with Crippen LogP contribution in [-0.2, 0) is 11.2 Å². The lowest BCUT2D eigenvalue weighted by molar-refractivity contribution is -0.121. The van der Waals surface area contributed by atoms with E-state index in [-0.39, 0.29) is 24.4 Å². The topological polar surface area (TPSA) is 83.1 Å². The molecular formula is C17H26N4O2S. The summed E-state index contributed by atoms with van der Waals surface area (Å²) in [6.07, 6.45) is 10.6. The number of thiazole rings is 1. The van der Waals surface area contributed by atoms with Crippen LogP contribution in [0.15, 0.2) is 5.38 Å². The summed E-state index contributed by atoms with van der Waals surface area (Å²) < 4.78 is 0. The molecule has 1 aromatic rings. The second-order valence-electron chi connectivity index (χ2n) is 6.80. The molecule has 132 valence electrons. The molecule has 1 aromatic heterocycles. The van der Waals surface area contributed by atoms with Crippen LogP contribution >= 0.6 is 11.3 Å². The fourth-order valence-corrected chi connectivity index (χ4v) is 4.23. The van der Waals surface area contributed by atoms with E-state index in [1.807, 2.05) is 5.38 Å². The van der Waals surface area contributed by atoms with Crippen molar-refractivity contribution in [2.45, 2.75) is 76.3 Å². The van der Waals surface area contributed by atoms with Gasteiger partial charge in [0.25, 0.3) is 0 Å². The molecule has 0 spiro atoms. The van der Waals surface area contributed by atoms with E-state index < -0.39 is 0 Å². The second kappa shape index (κ2) is 8.46. The van der Waals surface area contributed by atoms with Crippen molar-refractivity contribution in [3.63, 3.8) is 0 Å². The summed E-state index contributed by atoms with van der Waals surface area (Å²) in [5.41, 5.74) is 0.712. The van der Waals surface area contributed by atoms with Gasteiger partial charge in [0.05, 0.1) is 12.1 Å². The number of rotatable bonds is 5. The zero-order chi connectivity index (χ0) is 16.8. The van der Waals surface area contributed by atoms with Gasteiger partial charge in [-0.2, -0.15) is 0 Å². The van der Waals surface area contributed by atoms with Crippen LogP contribution in [0.4, 0.5) is 9.93 Å². The Morgan fingerprint density at radius 1 is 1.00 bits per heavy atom. The Bertz CT molecular complexity index is 563. The molecule has 0 bridgehead atoms. The SMILES string of the molecule is O=C(Cc1csc(NC(=O)NC2CCCC2)n1)NC1CCCCC1. The molecule has 0 aromatic carbocycles. The summed E-state index contributed by atoms with van der Waals surface area (Å²) in [6.45, 7) is 0. The van der Waals surface area contributed by atoms with E-state index in [2.05, 4.69) is 20.9 Å². The first-order valence-electron chi connectivity index (χ1n) is 9.00. The molecule has 1 heterocycles. The van der Waals surface area contributed by atoms with E-state index in [1.165, 1.54) is 43.4 Å². The molecule has 3 N–H and O–H groups in total. The normalized spacial score (nSPS) is 19.2. The number of amides is 3. The van der Waals surface area contributed by atoms with Gasteiger partial charge in [-0.15, -0.1) is 11.3 Å². The van der Waals surface area contributed by atoms with Crippen molar-refractivity contribution in [1.82, 2.24) is 15.6 Å². The van der Waals surface area contributed by atoms with Crippen molar-refractivity contribution in [1.29, 1.82) is 0 Å². The van der Waals surface area contributed by atoms with E-state index in [9.17, 15) is 9.59 Å². The Kier molecular flexibility index (Phi) is 6.07. The van der Waals surface area contributed by atoms with Gasteiger partial charge in [0.1, 0.15) is 0 Å². The van der Waals surface area contributed by atoms with Crippen molar-refractivity contribution >= 4 is 28.4 Å². The number of carbonyl (C=O) groups is 2. The highest BCUT2D eigenvalue weighted by Crippen LogP contribution is 2.20. The molecule has 3 amide bonds. The fraction of sp³-hybridized carbons (Fsp3) is 0.706. The first kappa shape index (κ1) is 17.2. The van der Waals surface area contributed by atoms with E-state index >= 15 is 0 Å². The summed E-state index contributed by atoms with van der Waals surface area (Å²) in [7, 11) is 0. The molecular weight excluding hydrogens is 324 g/mol. The number of nitrogens with one attached hydrogen (secondary N) is 3. The van der Waals surface area contributed by atoms with Gasteiger partial charge >= 0.3 is 6.03 Å². The molecule has 0 aliphatic heterocycles. The first-order chi connectivity index (χ1) is 11.7. The summed E-state index contributed by atoms with van der Waals surface area (Å²) in [6, 6.07) is 0.403. The summed E-state index contributed by atoms with van der Waals surface area (Å²) in [4.78, 5) is 28.4. The van der Waals surface area contributed by atoms with Crippen LogP contribution in [0.3, 0.4) is 0 Å². The maximum atomic E-state index is 12.1. The average molecular weight is 350 g/mol. The largest absolute Gasteiger partial charge is 0.353 e. The van der Waals surface area contributed by atoms with Gasteiger partial charge in [-0.05, 0) is 25.7 Å². The van der Waals surface area contributed by atoms with Crippen LogP contribution in [0.5, 0.6) is 0 Å². The van der Waals surface area contributed by atoms with Gasteiger partial charge in [-0.25, -0.2) is 9.78 Å². The summed E-state index contributed by atoms with van der Waals surface area (Å²) >= 11 is 1.36. The van der Waals surface area contributed by atoms with Crippen molar-refractivity contribution in [2.75, 3.05) is 5.32 Å². The molecule has 2 saturated carbocycles. The molecule has 2 aliphatic rings. The van der Waals surface area contributed by atoms with E-state index in [0.29, 0.717) is 16.9 Å². The molecule has 6 nitrogen and oxygen atoms in total. The third-order valence-electron chi connectivity index (χ3n) is 4.77. The van der Waals surface area contributed by atoms with Crippen LogP contribution in [0.25, 0.3) is 0 Å². The van der Waals surface area contributed by atoms with Gasteiger partial charge in [0.15, 0.2) is 5.13 Å². The monoisotopic (exact) mass is 350 g/mol. The minimum absolute atomic E-state index is 0.0224. The van der Waals surface area contributed by atoms with Crippen LogP contribution in [0, 0.1) is 0 Å². The maximum absolute atomic E-state index is 12.1. The van der Waals surface area contributed by atoms with Crippen LogP contribution in [0.1, 0.15) is 63.5 Å². The van der Waals surface area contributed by atoms with Crippen molar-refractivity contribution < 1.29 is 9.59 Å². The standard InChI is InChI=1S/C17H26N4O2S/c22-15(18-12-6-2-1-3-7-12)10-14-11-24-17(20-14)21-16(23)19-13-8-4-5-9-13/h11-13H,1-10H2,(H,18,22)(H2,19,20,21,23). The second-order valence-corrected chi connectivity index (χ2v) is 7.66. The van der Waals surface area contributed by atoms with Crippen molar-refractivity contribution in [3.05, 3.63) is 11.1 Å². The van der Waals surface area contributed by atoms with Gasteiger partial charge in [-0.3, -0.25) is 10.1 Å². The molecule has 0 radical (unpaired) electrons. The lowest BCUT2D eigenvalue weighted by atomic mass is 9.95. The number of urea groups is 1. The van der Waals surface area contributed by atoms with Crippen LogP contribution < -0.4 is 16.0 Å². The first-order valence-corrected chi connectivity index (χ1v) is 9.88. The predicted octanol–water partition coefficient (Wildman–Crippen LogP) is 3.20. The van der Waals surface area contributed by atoms with E-state index in [4.69, 9.17) is 0 Å². The Hall–Kier alpha value is -1.63. The summed E-state index contributed by atoms with van der Waals surface area (Å²) in [5, 5.41) is 11.2. The van der Waals surface area contributed by atoms with Gasteiger partial charge in [0.2, 0.25) is 5.91 Å². The third kappa shape index (κ3) is 5.19. The summed E-state index contributed by atoms with van der Waals surface area (Å²) in [5.74, 6) is 0.0224. The smallest absolute Gasteiger partial charge is 0.321 e. The number of anilines is 1. The highest BCUT2D eigenvalue weighted by molar-refractivity contribution is 7.13. The highest BCUT2D eigenvalue weighted by Gasteiger charge is 2.19. The molecule has 24 heavy (non-hydrogen) atoms. The number of carbonyl (C=O) groups excluding carboxylic acids is 2. The van der Waals surface area contributed by atoms with Gasteiger partial charge in [-0.1, -0.05) is 32.1 Å². The highest BCUT2D eigenvalue weighted by atomic mass is 32.1. The van der Waals surface area contributed by atoms with Crippen LogP contribution in [0.2, 0.25) is 0 Å². The third-order valence-corrected chi connectivity index (χ3v) is 5.58. The number of hydrogen-bond acceptors (Lipinski definition) is 4. The number of hydrogen-bond donors (Lipinski definition) is 3. The lowest BCUT2D eigenvalue weighted by Crippen LogP contribution is -2.37. The van der Waals surface area contributed by atoms with Crippen molar-refractivity contribution in [2.24, 2.45) is 0 Å². The molecule has 0 unspecified atom stereocenters. The molecule has 3 rings (SSSR count). The van der Waals surface area contributed by atoms with Gasteiger partial charge < -0.3 is 10.6 Å². The fourth-order valence-electron chi connectivity index (χ4n) is 3.52. The number of aromatic nitrogens is 1. The van der Waals surface area contributed by atoms with E-state index in [0.717, 1.165) is 25.7 Å². The minimum atomic E-state index is -0.200. The minimum Gasteiger partial charge on any atom is -0.353 e. The van der Waals surface area contributed by atoms with Gasteiger partial charge in [0, 0.05) is 17.5 Å². The van der Waals surface area contributed by atoms with E-state index in [1.54, 1.807) is 0 Å². The molecule has 0 saturated heterocycles. The Labute approximate surface area is 146 Å². The Balaban J connectivity index is 1.42. The lowest BCUT2D eigenvalue weighted by Gasteiger charge is -2.22. The van der Waals surface area contributed by atoms with Crippen molar-refractivity contribution in [3.8, 4) is 0 Å². The number of nitrogens with zero attached hydrogens (tertiary/aromatic N) is 1. The zero-order valence-corrected chi connectivity index (χ0v) is 14.8. The molecule has 0 atom stereocenters. The maximum Gasteiger partial charge on any atom is 0.321 e. The molecule has 2 aliphatic carbocycles. The molecule has 7 heteroatoms. The zero-order valence-electron chi connectivity index (χ0n) is 14.0. The van der Waals surface area contributed by atoms with Crippen LogP contribution in [-0.4, -0.2) is 29.0 Å². The quantitative estimate of drug-likeness (QED) is 0.762.